The van der Waals surface area contributed by atoms with Crippen molar-refractivity contribution in [1.29, 1.82) is 0 Å². The molecule has 1 aromatic heterocycles. The predicted molar refractivity (Wildman–Crippen MR) is 134 cm³/mol. The molecule has 1 saturated carbocycles. The molecule has 184 valence electrons. The fourth-order valence-corrected chi connectivity index (χ4v) is 5.26. The van der Waals surface area contributed by atoms with Crippen LogP contribution in [0.3, 0.4) is 0 Å². The number of rotatable bonds is 8. The van der Waals surface area contributed by atoms with Gasteiger partial charge in [0.25, 0.3) is 0 Å². The van der Waals surface area contributed by atoms with Crippen molar-refractivity contribution in [2.75, 3.05) is 43.6 Å². The lowest BCUT2D eigenvalue weighted by Crippen LogP contribution is -2.51. The molecule has 0 amide bonds. The highest BCUT2D eigenvalue weighted by atomic mass is 35.5. The molecule has 2 aliphatic heterocycles. The van der Waals surface area contributed by atoms with Gasteiger partial charge in [0.05, 0.1) is 24.3 Å². The van der Waals surface area contributed by atoms with Gasteiger partial charge >= 0.3 is 0 Å². The molecule has 8 heteroatoms. The largest absolute Gasteiger partial charge is 0.385 e. The maximum Gasteiger partial charge on any atom is 0.131 e. The quantitative estimate of drug-likeness (QED) is 0.481. The number of aromatic nitrogens is 1. The van der Waals surface area contributed by atoms with Gasteiger partial charge in [0.2, 0.25) is 0 Å². The van der Waals surface area contributed by atoms with Crippen molar-refractivity contribution in [2.45, 2.75) is 56.7 Å². The number of ether oxygens (including phenoxy) is 2. The van der Waals surface area contributed by atoms with Gasteiger partial charge in [-0.25, -0.2) is 9.37 Å². The lowest BCUT2D eigenvalue weighted by molar-refractivity contribution is -0.0120. The Kier molecular flexibility index (Phi) is 7.84. The molecule has 3 aliphatic rings. The average Bonchev–Trinajstić information content (AvgIpc) is 2.84. The molecule has 2 saturated heterocycles. The van der Waals surface area contributed by atoms with E-state index in [9.17, 15) is 4.39 Å². The fraction of sp³-hybridized carbons (Fsp3) is 0.577. The third-order valence-corrected chi connectivity index (χ3v) is 7.54. The summed E-state index contributed by atoms with van der Waals surface area (Å²) in [4.78, 5) is 4.47. The van der Waals surface area contributed by atoms with E-state index in [1.807, 2.05) is 12.1 Å². The highest BCUT2D eigenvalue weighted by Crippen LogP contribution is 2.34. The van der Waals surface area contributed by atoms with Crippen LogP contribution in [0.5, 0.6) is 0 Å². The Morgan fingerprint density at radius 2 is 1.68 bits per heavy atom. The van der Waals surface area contributed by atoms with Crippen LogP contribution in [0.2, 0.25) is 5.02 Å². The summed E-state index contributed by atoms with van der Waals surface area (Å²) in [6, 6.07) is 8.45. The van der Waals surface area contributed by atoms with Crippen molar-refractivity contribution in [3.8, 4) is 11.1 Å². The normalized spacial score (nSPS) is 23.9. The average molecular weight is 489 g/mol. The molecule has 3 N–H and O–H groups in total. The number of hydrogen-bond donors (Lipinski definition) is 3. The third kappa shape index (κ3) is 6.00. The van der Waals surface area contributed by atoms with Crippen molar-refractivity contribution < 1.29 is 13.9 Å². The Labute approximate surface area is 206 Å². The Hall–Kier alpha value is -1.93. The van der Waals surface area contributed by atoms with Gasteiger partial charge in [-0.15, -0.1) is 0 Å². The Bertz CT molecular complexity index is 960. The van der Waals surface area contributed by atoms with Crippen LogP contribution in [0.15, 0.2) is 30.5 Å². The van der Waals surface area contributed by atoms with Crippen LogP contribution in [-0.2, 0) is 9.47 Å². The SMILES string of the molecule is Fc1ccc(NCC2CCOCC2)cc1-c1cc(NC2CCC(NC3COC3)CC2)ncc1Cl. The van der Waals surface area contributed by atoms with Gasteiger partial charge in [-0.3, -0.25) is 0 Å². The second-order valence-corrected chi connectivity index (χ2v) is 10.2. The summed E-state index contributed by atoms with van der Waals surface area (Å²) in [6.07, 6.45) is 8.13. The molecule has 6 nitrogen and oxygen atoms in total. The van der Waals surface area contributed by atoms with E-state index < -0.39 is 0 Å². The third-order valence-electron chi connectivity index (χ3n) is 7.24. The minimum absolute atomic E-state index is 0.290. The van der Waals surface area contributed by atoms with Gasteiger partial charge in [0.15, 0.2) is 0 Å². The first kappa shape index (κ1) is 23.8. The van der Waals surface area contributed by atoms with Crippen LogP contribution in [0, 0.1) is 11.7 Å². The van der Waals surface area contributed by atoms with Crippen LogP contribution < -0.4 is 16.0 Å². The van der Waals surface area contributed by atoms with Gasteiger partial charge in [0.1, 0.15) is 11.6 Å². The predicted octanol–water partition coefficient (Wildman–Crippen LogP) is 5.09. The smallest absolute Gasteiger partial charge is 0.131 e. The summed E-state index contributed by atoms with van der Waals surface area (Å²) < 4.78 is 25.5. The van der Waals surface area contributed by atoms with Gasteiger partial charge in [-0.1, -0.05) is 11.6 Å². The molecule has 1 aliphatic carbocycles. The monoisotopic (exact) mass is 488 g/mol. The maximum atomic E-state index is 14.8. The van der Waals surface area contributed by atoms with Gasteiger partial charge in [-0.05, 0) is 68.7 Å². The van der Waals surface area contributed by atoms with E-state index in [4.69, 9.17) is 21.1 Å². The number of nitrogens with zero attached hydrogens (tertiary/aromatic N) is 1. The zero-order valence-electron chi connectivity index (χ0n) is 19.5. The molecule has 1 aromatic carbocycles. The Morgan fingerprint density at radius 1 is 0.912 bits per heavy atom. The highest BCUT2D eigenvalue weighted by molar-refractivity contribution is 6.33. The number of hydrogen-bond acceptors (Lipinski definition) is 6. The zero-order chi connectivity index (χ0) is 23.3. The molecule has 0 unspecified atom stereocenters. The van der Waals surface area contributed by atoms with Crippen molar-refractivity contribution in [1.82, 2.24) is 10.3 Å². The van der Waals surface area contributed by atoms with E-state index in [0.717, 1.165) is 83.0 Å². The van der Waals surface area contributed by atoms with Crippen LogP contribution in [-0.4, -0.2) is 56.1 Å². The number of anilines is 2. The second-order valence-electron chi connectivity index (χ2n) is 9.77. The molecule has 2 aromatic rings. The minimum atomic E-state index is -0.290. The van der Waals surface area contributed by atoms with Crippen molar-refractivity contribution >= 4 is 23.1 Å². The molecule has 0 radical (unpaired) electrons. The number of benzene rings is 1. The molecule has 3 fully saturated rings. The van der Waals surface area contributed by atoms with Crippen LogP contribution in [0.25, 0.3) is 11.1 Å². The molecular weight excluding hydrogens is 455 g/mol. The highest BCUT2D eigenvalue weighted by Gasteiger charge is 2.26. The van der Waals surface area contributed by atoms with Crippen LogP contribution >= 0.6 is 11.6 Å². The fourth-order valence-electron chi connectivity index (χ4n) is 5.06. The summed E-state index contributed by atoms with van der Waals surface area (Å²) in [7, 11) is 0. The maximum absolute atomic E-state index is 14.8. The Morgan fingerprint density at radius 3 is 2.41 bits per heavy atom. The second kappa shape index (κ2) is 11.2. The Balaban J connectivity index is 1.22. The van der Waals surface area contributed by atoms with E-state index >= 15 is 0 Å². The first-order valence-electron chi connectivity index (χ1n) is 12.5. The zero-order valence-corrected chi connectivity index (χ0v) is 20.2. The lowest BCUT2D eigenvalue weighted by Gasteiger charge is -2.35. The van der Waals surface area contributed by atoms with Crippen molar-refractivity contribution in [3.05, 3.63) is 41.3 Å². The van der Waals surface area contributed by atoms with E-state index in [1.54, 1.807) is 12.3 Å². The summed E-state index contributed by atoms with van der Waals surface area (Å²) >= 11 is 6.47. The van der Waals surface area contributed by atoms with Gasteiger partial charge < -0.3 is 25.4 Å². The van der Waals surface area contributed by atoms with Crippen LogP contribution in [0.4, 0.5) is 15.9 Å². The first-order valence-corrected chi connectivity index (χ1v) is 12.9. The summed E-state index contributed by atoms with van der Waals surface area (Å²) in [5.74, 6) is 1.03. The summed E-state index contributed by atoms with van der Waals surface area (Å²) in [5, 5.41) is 11.1. The summed E-state index contributed by atoms with van der Waals surface area (Å²) in [6.45, 7) is 4.15. The first-order chi connectivity index (χ1) is 16.6. The van der Waals surface area contributed by atoms with Crippen molar-refractivity contribution in [2.24, 2.45) is 5.92 Å². The molecule has 3 heterocycles. The molecule has 34 heavy (non-hydrogen) atoms. The van der Waals surface area contributed by atoms with Gasteiger partial charge in [0, 0.05) is 54.9 Å². The number of nitrogens with one attached hydrogen (secondary N) is 3. The van der Waals surface area contributed by atoms with Crippen LogP contribution in [0.1, 0.15) is 38.5 Å². The van der Waals surface area contributed by atoms with E-state index in [2.05, 4.69) is 20.9 Å². The topological polar surface area (TPSA) is 67.4 Å². The van der Waals surface area contributed by atoms with E-state index in [0.29, 0.717) is 40.2 Å². The van der Waals surface area contributed by atoms with E-state index in [-0.39, 0.29) is 5.82 Å². The standard InChI is InChI=1S/C26H34ClFN4O2/c27-24-14-30-26(32-19-3-1-18(2-4-19)31-21-15-34-16-21)12-22(24)23-11-20(5-6-25(23)28)29-13-17-7-9-33-10-8-17/h5-6,11-12,14,17-19,21,29,31H,1-4,7-10,13,15-16H2,(H,30,32). The molecule has 0 atom stereocenters. The minimum Gasteiger partial charge on any atom is -0.385 e. The van der Waals surface area contributed by atoms with E-state index in [1.165, 1.54) is 6.07 Å². The number of halogens is 2. The molecular formula is C26H34ClFN4O2. The van der Waals surface area contributed by atoms with Crippen molar-refractivity contribution in [3.63, 3.8) is 0 Å². The molecule has 0 bridgehead atoms. The lowest BCUT2D eigenvalue weighted by atomic mass is 9.90. The molecule has 5 rings (SSSR count). The molecule has 0 spiro atoms. The summed E-state index contributed by atoms with van der Waals surface area (Å²) in [5.41, 5.74) is 2.04. The number of pyridine rings is 1. The van der Waals surface area contributed by atoms with Gasteiger partial charge in [-0.2, -0.15) is 0 Å².